The summed E-state index contributed by atoms with van der Waals surface area (Å²) in [5, 5.41) is 0.668. The Morgan fingerprint density at radius 3 is 2.40 bits per heavy atom. The van der Waals surface area contributed by atoms with Crippen LogP contribution < -0.4 is 20.1 Å². The molecule has 3 aromatic rings. The number of para-hydroxylation sites is 2. The van der Waals surface area contributed by atoms with E-state index in [1.54, 1.807) is 4.90 Å². The first kappa shape index (κ1) is 20.3. The van der Waals surface area contributed by atoms with Gasteiger partial charge in [-0.05, 0) is 47.5 Å². The fourth-order valence-electron chi connectivity index (χ4n) is 3.40. The van der Waals surface area contributed by atoms with Gasteiger partial charge in [0.05, 0.1) is 18.8 Å². The molecule has 0 saturated heterocycles. The molecule has 0 radical (unpaired) electrons. The number of hydrogen-bond acceptors (Lipinski definition) is 4. The van der Waals surface area contributed by atoms with E-state index in [1.165, 1.54) is 0 Å². The zero-order valence-electron chi connectivity index (χ0n) is 16.5. The molecule has 6 heteroatoms. The van der Waals surface area contributed by atoms with Gasteiger partial charge in [-0.1, -0.05) is 48.0 Å². The van der Waals surface area contributed by atoms with E-state index < -0.39 is 6.10 Å². The van der Waals surface area contributed by atoms with E-state index in [-0.39, 0.29) is 5.91 Å². The molecule has 1 aliphatic rings. The second kappa shape index (κ2) is 9.20. The van der Waals surface area contributed by atoms with Crippen LogP contribution >= 0.6 is 11.6 Å². The van der Waals surface area contributed by atoms with Gasteiger partial charge in [0, 0.05) is 18.0 Å². The topological polar surface area (TPSA) is 64.8 Å². The number of halogens is 1. The number of amides is 1. The number of anilines is 1. The molecule has 5 nitrogen and oxygen atoms in total. The first-order chi connectivity index (χ1) is 14.6. The third-order valence-electron chi connectivity index (χ3n) is 5.03. The van der Waals surface area contributed by atoms with Crippen LogP contribution in [0.2, 0.25) is 5.02 Å². The maximum atomic E-state index is 13.2. The Labute approximate surface area is 181 Å². The van der Waals surface area contributed by atoms with Crippen LogP contribution in [0, 0.1) is 0 Å². The highest BCUT2D eigenvalue weighted by Gasteiger charge is 2.34. The van der Waals surface area contributed by atoms with Gasteiger partial charge in [-0.2, -0.15) is 0 Å². The van der Waals surface area contributed by atoms with Crippen molar-refractivity contribution in [3.05, 3.63) is 88.9 Å². The van der Waals surface area contributed by atoms with Crippen molar-refractivity contribution in [1.82, 2.24) is 0 Å². The van der Waals surface area contributed by atoms with Gasteiger partial charge >= 0.3 is 0 Å². The van der Waals surface area contributed by atoms with E-state index in [1.807, 2.05) is 72.8 Å². The third kappa shape index (κ3) is 4.58. The zero-order valence-corrected chi connectivity index (χ0v) is 17.2. The number of carbonyl (C=O) groups excluding carboxylic acids is 1. The van der Waals surface area contributed by atoms with Crippen LogP contribution in [-0.2, 0) is 17.9 Å². The normalized spacial score (nSPS) is 15.5. The van der Waals surface area contributed by atoms with Crippen molar-refractivity contribution in [2.75, 3.05) is 11.5 Å². The lowest BCUT2D eigenvalue weighted by atomic mass is 10.1. The Kier molecular flexibility index (Phi) is 6.21. The standard InChI is InChI=1S/C24H23ClN2O3/c25-19-9-5-18(6-10-19)16-27-21-3-1-2-4-22(21)30-23(24(27)28)13-14-29-20-11-7-17(15-26)8-12-20/h1-12,23H,13-16,26H2. The molecule has 3 aromatic carbocycles. The second-order valence-electron chi connectivity index (χ2n) is 7.11. The van der Waals surface area contributed by atoms with Gasteiger partial charge < -0.3 is 20.1 Å². The summed E-state index contributed by atoms with van der Waals surface area (Å²) in [4.78, 5) is 15.0. The van der Waals surface area contributed by atoms with Crippen molar-refractivity contribution < 1.29 is 14.3 Å². The fraction of sp³-hybridized carbons (Fsp3) is 0.208. The van der Waals surface area contributed by atoms with Crippen LogP contribution in [0.5, 0.6) is 11.5 Å². The molecule has 1 atom stereocenters. The van der Waals surface area contributed by atoms with E-state index in [0.29, 0.717) is 36.9 Å². The third-order valence-corrected chi connectivity index (χ3v) is 5.28. The summed E-state index contributed by atoms with van der Waals surface area (Å²) in [6, 6.07) is 22.7. The van der Waals surface area contributed by atoms with Crippen molar-refractivity contribution >= 4 is 23.2 Å². The Hall–Kier alpha value is -3.02. The molecule has 0 aliphatic carbocycles. The summed E-state index contributed by atoms with van der Waals surface area (Å²) in [7, 11) is 0. The van der Waals surface area contributed by atoms with Gasteiger partial charge in [0.15, 0.2) is 6.10 Å². The monoisotopic (exact) mass is 422 g/mol. The summed E-state index contributed by atoms with van der Waals surface area (Å²) in [6.07, 6.45) is -0.154. The Morgan fingerprint density at radius 1 is 0.967 bits per heavy atom. The zero-order chi connectivity index (χ0) is 20.9. The lowest BCUT2D eigenvalue weighted by Gasteiger charge is -2.34. The number of hydrogen-bond donors (Lipinski definition) is 1. The van der Waals surface area contributed by atoms with E-state index in [9.17, 15) is 4.79 Å². The number of benzene rings is 3. The van der Waals surface area contributed by atoms with Crippen molar-refractivity contribution in [2.45, 2.75) is 25.6 Å². The highest BCUT2D eigenvalue weighted by Crippen LogP contribution is 2.35. The Morgan fingerprint density at radius 2 is 1.67 bits per heavy atom. The van der Waals surface area contributed by atoms with Gasteiger partial charge in [0.2, 0.25) is 0 Å². The highest BCUT2D eigenvalue weighted by molar-refractivity contribution is 6.30. The predicted molar refractivity (Wildman–Crippen MR) is 118 cm³/mol. The maximum absolute atomic E-state index is 13.2. The number of carbonyl (C=O) groups is 1. The van der Waals surface area contributed by atoms with Gasteiger partial charge in [-0.25, -0.2) is 0 Å². The summed E-state index contributed by atoms with van der Waals surface area (Å²) < 4.78 is 11.8. The molecule has 4 rings (SSSR count). The maximum Gasteiger partial charge on any atom is 0.268 e. The van der Waals surface area contributed by atoms with E-state index in [0.717, 1.165) is 22.6 Å². The fourth-order valence-corrected chi connectivity index (χ4v) is 3.53. The smallest absolute Gasteiger partial charge is 0.268 e. The minimum atomic E-state index is -0.601. The van der Waals surface area contributed by atoms with Gasteiger partial charge in [-0.3, -0.25) is 4.79 Å². The largest absolute Gasteiger partial charge is 0.493 e. The summed E-state index contributed by atoms with van der Waals surface area (Å²) in [6.45, 7) is 1.32. The Bertz CT molecular complexity index is 1010. The minimum Gasteiger partial charge on any atom is -0.493 e. The molecule has 0 aromatic heterocycles. The molecular weight excluding hydrogens is 400 g/mol. The van der Waals surface area contributed by atoms with Gasteiger partial charge in [0.25, 0.3) is 5.91 Å². The van der Waals surface area contributed by atoms with E-state index in [4.69, 9.17) is 26.8 Å². The van der Waals surface area contributed by atoms with Gasteiger partial charge in [0.1, 0.15) is 11.5 Å². The number of rotatable bonds is 7. The molecule has 0 spiro atoms. The molecule has 0 saturated carbocycles. The van der Waals surface area contributed by atoms with Crippen molar-refractivity contribution in [2.24, 2.45) is 5.73 Å². The molecule has 0 fully saturated rings. The van der Waals surface area contributed by atoms with Crippen molar-refractivity contribution in [1.29, 1.82) is 0 Å². The van der Waals surface area contributed by atoms with Crippen LogP contribution in [0.15, 0.2) is 72.8 Å². The van der Waals surface area contributed by atoms with Crippen LogP contribution in [0.3, 0.4) is 0 Å². The lowest BCUT2D eigenvalue weighted by Crippen LogP contribution is -2.46. The summed E-state index contributed by atoms with van der Waals surface area (Å²) in [5.41, 5.74) is 8.44. The van der Waals surface area contributed by atoms with Crippen molar-refractivity contribution in [3.8, 4) is 11.5 Å². The molecule has 0 bridgehead atoms. The highest BCUT2D eigenvalue weighted by atomic mass is 35.5. The second-order valence-corrected chi connectivity index (χ2v) is 7.55. The molecule has 30 heavy (non-hydrogen) atoms. The quantitative estimate of drug-likeness (QED) is 0.606. The molecule has 154 valence electrons. The number of ether oxygens (including phenoxy) is 2. The molecule has 1 amide bonds. The van der Waals surface area contributed by atoms with Crippen LogP contribution in [-0.4, -0.2) is 18.6 Å². The molecule has 2 N–H and O–H groups in total. The first-order valence-electron chi connectivity index (χ1n) is 9.87. The lowest BCUT2D eigenvalue weighted by molar-refractivity contribution is -0.127. The van der Waals surface area contributed by atoms with E-state index >= 15 is 0 Å². The SMILES string of the molecule is NCc1ccc(OCCC2Oc3ccccc3N(Cc3ccc(Cl)cc3)C2=O)cc1. The summed E-state index contributed by atoms with van der Waals surface area (Å²) >= 11 is 5.99. The van der Waals surface area contributed by atoms with Crippen LogP contribution in [0.1, 0.15) is 17.5 Å². The molecule has 1 unspecified atom stereocenters. The molecule has 1 heterocycles. The van der Waals surface area contributed by atoms with Crippen LogP contribution in [0.25, 0.3) is 0 Å². The average Bonchev–Trinajstić information content (AvgIpc) is 2.78. The number of fused-ring (bicyclic) bond motifs is 1. The first-order valence-corrected chi connectivity index (χ1v) is 10.2. The van der Waals surface area contributed by atoms with Crippen molar-refractivity contribution in [3.63, 3.8) is 0 Å². The number of nitrogens with zero attached hydrogens (tertiary/aromatic N) is 1. The predicted octanol–water partition coefficient (Wildman–Crippen LogP) is 4.56. The van der Waals surface area contributed by atoms with E-state index in [2.05, 4.69) is 0 Å². The van der Waals surface area contributed by atoms with Crippen LogP contribution in [0.4, 0.5) is 5.69 Å². The van der Waals surface area contributed by atoms with Gasteiger partial charge in [-0.15, -0.1) is 0 Å². The Balaban J connectivity index is 1.46. The molecule has 1 aliphatic heterocycles. The number of nitrogens with two attached hydrogens (primary N) is 1. The minimum absolute atomic E-state index is 0.0780. The summed E-state index contributed by atoms with van der Waals surface area (Å²) in [5.74, 6) is 1.36. The molecular formula is C24H23ClN2O3. The average molecular weight is 423 g/mol.